The Morgan fingerprint density at radius 1 is 1.50 bits per heavy atom. The van der Waals surface area contributed by atoms with E-state index >= 15 is 0 Å². The van der Waals surface area contributed by atoms with Crippen LogP contribution in [0, 0.1) is 10.1 Å². The van der Waals surface area contributed by atoms with Gasteiger partial charge in [0.15, 0.2) is 0 Å². The molecular weight excluding hydrogens is 260 g/mol. The molecule has 0 amide bonds. The second-order valence-electron chi connectivity index (χ2n) is 4.61. The molecule has 1 atom stereocenters. The molecule has 0 spiro atoms. The number of methoxy groups -OCH3 is 1. The monoisotopic (exact) mass is 276 g/mol. The molecule has 1 heterocycles. The van der Waals surface area contributed by atoms with Gasteiger partial charge in [0.2, 0.25) is 0 Å². The third kappa shape index (κ3) is 2.49. The summed E-state index contributed by atoms with van der Waals surface area (Å²) in [7, 11) is 1.30. The lowest BCUT2D eigenvalue weighted by atomic mass is 10.1. The molecule has 0 aromatic heterocycles. The van der Waals surface area contributed by atoms with Crippen LogP contribution in [0.3, 0.4) is 0 Å². The molecule has 20 heavy (non-hydrogen) atoms. The average Bonchev–Trinajstić information content (AvgIpc) is 2.94. The summed E-state index contributed by atoms with van der Waals surface area (Å²) >= 11 is 0. The largest absolute Gasteiger partial charge is 0.466 e. The number of nitrogens with zero attached hydrogens (tertiary/aromatic N) is 2. The summed E-state index contributed by atoms with van der Waals surface area (Å²) in [4.78, 5) is 24.2. The number of rotatable bonds is 4. The number of hydrogen-bond donors (Lipinski definition) is 0. The number of benzene rings is 1. The second kappa shape index (κ2) is 5.73. The molecule has 1 saturated heterocycles. The van der Waals surface area contributed by atoms with Crippen molar-refractivity contribution in [1.82, 2.24) is 0 Å². The Morgan fingerprint density at radius 2 is 2.20 bits per heavy atom. The van der Waals surface area contributed by atoms with Gasteiger partial charge < -0.3 is 9.64 Å². The van der Waals surface area contributed by atoms with Crippen LogP contribution in [-0.4, -0.2) is 30.6 Å². The predicted molar refractivity (Wildman–Crippen MR) is 74.6 cm³/mol. The van der Waals surface area contributed by atoms with Crippen LogP contribution in [0.15, 0.2) is 36.4 Å². The zero-order valence-electron chi connectivity index (χ0n) is 11.2. The van der Waals surface area contributed by atoms with Crippen LogP contribution in [0.25, 0.3) is 0 Å². The predicted octanol–water partition coefficient (Wildman–Crippen LogP) is 2.29. The van der Waals surface area contributed by atoms with E-state index < -0.39 is 10.9 Å². The maximum absolute atomic E-state index is 11.6. The van der Waals surface area contributed by atoms with Gasteiger partial charge in [0, 0.05) is 12.6 Å². The number of para-hydroxylation sites is 2. The number of nitro benzene ring substituents is 1. The van der Waals surface area contributed by atoms with Crippen molar-refractivity contribution in [3.8, 4) is 0 Å². The molecule has 1 aromatic carbocycles. The maximum atomic E-state index is 11.6. The number of ether oxygens (including phenoxy) is 1. The highest BCUT2D eigenvalue weighted by atomic mass is 16.6. The average molecular weight is 276 g/mol. The van der Waals surface area contributed by atoms with Crippen LogP contribution in [-0.2, 0) is 9.53 Å². The van der Waals surface area contributed by atoms with Gasteiger partial charge in [-0.05, 0) is 18.9 Å². The van der Waals surface area contributed by atoms with Gasteiger partial charge in [-0.1, -0.05) is 18.7 Å². The van der Waals surface area contributed by atoms with E-state index in [9.17, 15) is 14.9 Å². The van der Waals surface area contributed by atoms with Crippen molar-refractivity contribution in [2.24, 2.45) is 0 Å². The van der Waals surface area contributed by atoms with Gasteiger partial charge in [-0.15, -0.1) is 0 Å². The SMILES string of the molecule is C=C(C(=O)OC)C1CCCN1c1ccccc1[N+](=O)[O-]. The Kier molecular flexibility index (Phi) is 4.02. The van der Waals surface area contributed by atoms with Crippen LogP contribution < -0.4 is 4.90 Å². The molecule has 2 rings (SSSR count). The van der Waals surface area contributed by atoms with Gasteiger partial charge in [0.25, 0.3) is 5.69 Å². The Hall–Kier alpha value is -2.37. The molecule has 1 aliphatic rings. The van der Waals surface area contributed by atoms with Crippen molar-refractivity contribution in [3.63, 3.8) is 0 Å². The fourth-order valence-electron chi connectivity index (χ4n) is 2.55. The number of hydrogen-bond acceptors (Lipinski definition) is 5. The normalized spacial score (nSPS) is 17.9. The summed E-state index contributed by atoms with van der Waals surface area (Å²) in [5.41, 5.74) is 0.894. The van der Waals surface area contributed by atoms with Crippen molar-refractivity contribution in [2.75, 3.05) is 18.6 Å². The van der Waals surface area contributed by atoms with E-state index in [2.05, 4.69) is 11.3 Å². The van der Waals surface area contributed by atoms with E-state index in [1.165, 1.54) is 13.2 Å². The Labute approximate surface area is 116 Å². The highest BCUT2D eigenvalue weighted by molar-refractivity contribution is 5.90. The van der Waals surface area contributed by atoms with Crippen molar-refractivity contribution < 1.29 is 14.5 Å². The molecule has 0 radical (unpaired) electrons. The van der Waals surface area contributed by atoms with E-state index in [0.717, 1.165) is 12.8 Å². The lowest BCUT2D eigenvalue weighted by Crippen LogP contribution is -2.33. The molecule has 106 valence electrons. The first-order chi connectivity index (χ1) is 9.56. The summed E-state index contributed by atoms with van der Waals surface area (Å²) in [6.45, 7) is 4.43. The van der Waals surface area contributed by atoms with E-state index in [1.54, 1.807) is 18.2 Å². The van der Waals surface area contributed by atoms with Gasteiger partial charge in [-0.3, -0.25) is 10.1 Å². The third-order valence-electron chi connectivity index (χ3n) is 3.49. The smallest absolute Gasteiger partial charge is 0.335 e. The molecule has 1 unspecified atom stereocenters. The summed E-state index contributed by atoms with van der Waals surface area (Å²) in [6, 6.07) is 6.29. The number of nitro groups is 1. The summed E-state index contributed by atoms with van der Waals surface area (Å²) in [5, 5.41) is 11.1. The first kappa shape index (κ1) is 14.0. The molecule has 0 saturated carbocycles. The van der Waals surface area contributed by atoms with Gasteiger partial charge in [0.1, 0.15) is 5.69 Å². The van der Waals surface area contributed by atoms with Crippen LogP contribution in [0.2, 0.25) is 0 Å². The number of anilines is 1. The Bertz CT molecular complexity index is 556. The molecule has 0 aliphatic carbocycles. The topological polar surface area (TPSA) is 72.7 Å². The minimum absolute atomic E-state index is 0.0389. The second-order valence-corrected chi connectivity index (χ2v) is 4.61. The zero-order valence-corrected chi connectivity index (χ0v) is 11.2. The molecule has 6 nitrogen and oxygen atoms in total. The molecule has 1 aliphatic heterocycles. The lowest BCUT2D eigenvalue weighted by molar-refractivity contribution is -0.384. The van der Waals surface area contributed by atoms with Crippen molar-refractivity contribution in [2.45, 2.75) is 18.9 Å². The fourth-order valence-corrected chi connectivity index (χ4v) is 2.55. The van der Waals surface area contributed by atoms with Gasteiger partial charge in [0.05, 0.1) is 23.6 Å². The summed E-state index contributed by atoms with van der Waals surface area (Å²) in [5.74, 6) is -0.472. The van der Waals surface area contributed by atoms with Crippen LogP contribution >= 0.6 is 0 Å². The van der Waals surface area contributed by atoms with E-state index in [4.69, 9.17) is 0 Å². The van der Waals surface area contributed by atoms with Crippen molar-refractivity contribution >= 4 is 17.3 Å². The zero-order chi connectivity index (χ0) is 14.7. The summed E-state index contributed by atoms with van der Waals surface area (Å²) < 4.78 is 4.69. The minimum Gasteiger partial charge on any atom is -0.466 e. The van der Waals surface area contributed by atoms with Gasteiger partial charge >= 0.3 is 5.97 Å². The number of esters is 1. The quantitative estimate of drug-likeness (QED) is 0.365. The number of carbonyl (C=O) groups excluding carboxylic acids is 1. The van der Waals surface area contributed by atoms with Crippen LogP contribution in [0.5, 0.6) is 0 Å². The number of carbonyl (C=O) groups is 1. The van der Waals surface area contributed by atoms with E-state index in [0.29, 0.717) is 17.8 Å². The first-order valence-corrected chi connectivity index (χ1v) is 6.33. The molecule has 1 aromatic rings. The van der Waals surface area contributed by atoms with Crippen molar-refractivity contribution in [1.29, 1.82) is 0 Å². The lowest BCUT2D eigenvalue weighted by Gasteiger charge is -2.26. The molecule has 1 fully saturated rings. The highest BCUT2D eigenvalue weighted by Crippen LogP contribution is 2.35. The molecule has 0 N–H and O–H groups in total. The molecule has 0 bridgehead atoms. The minimum atomic E-state index is -0.472. The van der Waals surface area contributed by atoms with Crippen LogP contribution in [0.4, 0.5) is 11.4 Å². The highest BCUT2D eigenvalue weighted by Gasteiger charge is 2.33. The fraction of sp³-hybridized carbons (Fsp3) is 0.357. The van der Waals surface area contributed by atoms with Gasteiger partial charge in [-0.25, -0.2) is 4.79 Å². The third-order valence-corrected chi connectivity index (χ3v) is 3.49. The standard InChI is InChI=1S/C14H16N2O4/c1-10(14(17)20-2)11-8-5-9-15(11)12-6-3-4-7-13(12)16(18)19/h3-4,6-7,11H,1,5,8-9H2,2H3. The first-order valence-electron chi connectivity index (χ1n) is 6.33. The molecular formula is C14H16N2O4. The van der Waals surface area contributed by atoms with E-state index in [-0.39, 0.29) is 11.7 Å². The van der Waals surface area contributed by atoms with Gasteiger partial charge in [-0.2, -0.15) is 0 Å². The molecule has 6 heteroatoms. The van der Waals surface area contributed by atoms with Crippen molar-refractivity contribution in [3.05, 3.63) is 46.5 Å². The Balaban J connectivity index is 2.34. The maximum Gasteiger partial charge on any atom is 0.335 e. The van der Waals surface area contributed by atoms with E-state index in [1.807, 2.05) is 4.90 Å². The summed E-state index contributed by atoms with van der Waals surface area (Å²) in [6.07, 6.45) is 1.59. The Morgan fingerprint density at radius 3 is 2.85 bits per heavy atom. The van der Waals surface area contributed by atoms with Crippen LogP contribution in [0.1, 0.15) is 12.8 Å².